The molecule has 1 saturated heterocycles. The standard InChI is InChI=1S/C17H19N3O/c1-16(5-2-6-17(10-16)12-21-17)11-20-9-14-4-3-13(8-18)7-15(14)19-20/h3-4,7,9H,2,5-6,10-12H2,1H3/t16-,17?/m0/s1. The second kappa shape index (κ2) is 4.32. The molecule has 4 nitrogen and oxygen atoms in total. The van der Waals surface area contributed by atoms with Gasteiger partial charge in [-0.05, 0) is 49.3 Å². The highest BCUT2D eigenvalue weighted by Gasteiger charge is 2.51. The second-order valence-electron chi connectivity index (χ2n) is 7.02. The van der Waals surface area contributed by atoms with Crippen LogP contribution in [0.3, 0.4) is 0 Å². The van der Waals surface area contributed by atoms with Gasteiger partial charge in [-0.1, -0.05) is 6.92 Å². The smallest absolute Gasteiger partial charge is 0.0992 e. The fourth-order valence-electron chi connectivity index (χ4n) is 3.88. The summed E-state index contributed by atoms with van der Waals surface area (Å²) in [6.07, 6.45) is 6.93. The first-order chi connectivity index (χ1) is 10.1. The van der Waals surface area contributed by atoms with Crippen molar-refractivity contribution in [2.75, 3.05) is 6.61 Å². The first-order valence-electron chi connectivity index (χ1n) is 7.61. The third-order valence-electron chi connectivity index (χ3n) is 4.94. The topological polar surface area (TPSA) is 54.1 Å². The number of hydrogen-bond donors (Lipinski definition) is 0. The number of aromatic nitrogens is 2. The van der Waals surface area contributed by atoms with Crippen molar-refractivity contribution in [2.24, 2.45) is 5.41 Å². The molecule has 2 aliphatic rings. The number of benzene rings is 1. The van der Waals surface area contributed by atoms with Crippen molar-refractivity contribution in [3.05, 3.63) is 30.0 Å². The fourth-order valence-corrected chi connectivity index (χ4v) is 3.88. The molecule has 1 spiro atoms. The average Bonchev–Trinajstić information content (AvgIpc) is 3.06. The van der Waals surface area contributed by atoms with Crippen LogP contribution in [-0.4, -0.2) is 22.0 Å². The molecule has 1 saturated carbocycles. The van der Waals surface area contributed by atoms with E-state index in [1.807, 2.05) is 22.9 Å². The highest BCUT2D eigenvalue weighted by Crippen LogP contribution is 2.50. The quantitative estimate of drug-likeness (QED) is 0.794. The van der Waals surface area contributed by atoms with Gasteiger partial charge in [0, 0.05) is 18.1 Å². The second-order valence-corrected chi connectivity index (χ2v) is 7.02. The first kappa shape index (κ1) is 12.8. The summed E-state index contributed by atoms with van der Waals surface area (Å²) in [5.41, 5.74) is 2.02. The SMILES string of the molecule is C[C@]1(Cn2cc3ccc(C#N)cc3n2)CCCC2(CO2)C1. The molecule has 1 unspecified atom stereocenters. The predicted octanol–water partition coefficient (Wildman–Crippen LogP) is 3.26. The van der Waals surface area contributed by atoms with Gasteiger partial charge in [0.25, 0.3) is 0 Å². The molecular weight excluding hydrogens is 262 g/mol. The van der Waals surface area contributed by atoms with Crippen molar-refractivity contribution < 1.29 is 4.74 Å². The third-order valence-corrected chi connectivity index (χ3v) is 4.94. The van der Waals surface area contributed by atoms with Crippen molar-refractivity contribution in [2.45, 2.75) is 44.8 Å². The number of nitrogens with zero attached hydrogens (tertiary/aromatic N) is 3. The highest BCUT2D eigenvalue weighted by molar-refractivity contribution is 5.79. The van der Waals surface area contributed by atoms with Gasteiger partial charge in [0.05, 0.1) is 29.4 Å². The Labute approximate surface area is 124 Å². The molecule has 0 N–H and O–H groups in total. The van der Waals surface area contributed by atoms with Crippen LogP contribution >= 0.6 is 0 Å². The van der Waals surface area contributed by atoms with E-state index in [1.165, 1.54) is 19.3 Å². The van der Waals surface area contributed by atoms with Gasteiger partial charge in [-0.3, -0.25) is 4.68 Å². The van der Waals surface area contributed by atoms with Crippen LogP contribution in [0.2, 0.25) is 0 Å². The number of rotatable bonds is 2. The van der Waals surface area contributed by atoms with E-state index < -0.39 is 0 Å². The number of hydrogen-bond acceptors (Lipinski definition) is 3. The Morgan fingerprint density at radius 2 is 2.29 bits per heavy atom. The van der Waals surface area contributed by atoms with Crippen LogP contribution in [0.15, 0.2) is 24.4 Å². The van der Waals surface area contributed by atoms with E-state index in [2.05, 4.69) is 24.3 Å². The maximum Gasteiger partial charge on any atom is 0.0992 e. The van der Waals surface area contributed by atoms with Crippen molar-refractivity contribution in [3.8, 4) is 6.07 Å². The Balaban J connectivity index is 1.60. The molecule has 21 heavy (non-hydrogen) atoms. The lowest BCUT2D eigenvalue weighted by Gasteiger charge is -2.36. The lowest BCUT2D eigenvalue weighted by atomic mass is 9.71. The van der Waals surface area contributed by atoms with Gasteiger partial charge < -0.3 is 4.74 Å². The fraction of sp³-hybridized carbons (Fsp3) is 0.529. The number of nitriles is 1. The molecule has 0 bridgehead atoms. The predicted molar refractivity (Wildman–Crippen MR) is 79.7 cm³/mol. The molecule has 1 aromatic heterocycles. The molecule has 0 radical (unpaired) electrons. The van der Waals surface area contributed by atoms with Crippen LogP contribution < -0.4 is 0 Å². The van der Waals surface area contributed by atoms with Gasteiger partial charge in [0.2, 0.25) is 0 Å². The Morgan fingerprint density at radius 1 is 1.43 bits per heavy atom. The number of ether oxygens (including phenoxy) is 1. The van der Waals surface area contributed by atoms with E-state index in [1.54, 1.807) is 0 Å². The minimum atomic E-state index is 0.188. The summed E-state index contributed by atoms with van der Waals surface area (Å²) in [5.74, 6) is 0. The Morgan fingerprint density at radius 3 is 3.05 bits per heavy atom. The van der Waals surface area contributed by atoms with E-state index in [0.29, 0.717) is 5.56 Å². The molecule has 2 fully saturated rings. The van der Waals surface area contributed by atoms with Gasteiger partial charge in [-0.2, -0.15) is 10.4 Å². The summed E-state index contributed by atoms with van der Waals surface area (Å²) < 4.78 is 7.74. The minimum absolute atomic E-state index is 0.188. The molecule has 1 aliphatic carbocycles. The maximum atomic E-state index is 8.97. The van der Waals surface area contributed by atoms with E-state index in [4.69, 9.17) is 10.00 Å². The molecular formula is C17H19N3O. The molecule has 4 heteroatoms. The third kappa shape index (κ3) is 2.32. The molecule has 1 aromatic carbocycles. The zero-order valence-corrected chi connectivity index (χ0v) is 12.3. The van der Waals surface area contributed by atoms with Crippen LogP contribution in [0.4, 0.5) is 0 Å². The van der Waals surface area contributed by atoms with Gasteiger partial charge in [0.15, 0.2) is 0 Å². The van der Waals surface area contributed by atoms with E-state index in [9.17, 15) is 0 Å². The minimum Gasteiger partial charge on any atom is -0.370 e. The Hall–Kier alpha value is -1.86. The van der Waals surface area contributed by atoms with E-state index >= 15 is 0 Å². The zero-order chi connectivity index (χ0) is 14.5. The molecule has 108 valence electrons. The first-order valence-corrected chi connectivity index (χ1v) is 7.61. The number of epoxide rings is 1. The maximum absolute atomic E-state index is 8.97. The van der Waals surface area contributed by atoms with Crippen LogP contribution in [0.5, 0.6) is 0 Å². The van der Waals surface area contributed by atoms with Crippen LogP contribution in [0.25, 0.3) is 10.9 Å². The molecule has 0 amide bonds. The monoisotopic (exact) mass is 281 g/mol. The summed E-state index contributed by atoms with van der Waals surface area (Å²) >= 11 is 0. The largest absolute Gasteiger partial charge is 0.370 e. The van der Waals surface area contributed by atoms with Gasteiger partial charge in [-0.15, -0.1) is 0 Å². The van der Waals surface area contributed by atoms with E-state index in [-0.39, 0.29) is 11.0 Å². The van der Waals surface area contributed by atoms with Crippen LogP contribution in [0.1, 0.15) is 38.2 Å². The van der Waals surface area contributed by atoms with Crippen LogP contribution in [0, 0.1) is 16.7 Å². The van der Waals surface area contributed by atoms with Crippen molar-refractivity contribution in [3.63, 3.8) is 0 Å². The molecule has 2 heterocycles. The molecule has 2 atom stereocenters. The summed E-state index contributed by atoms with van der Waals surface area (Å²) in [5, 5.41) is 14.7. The lowest BCUT2D eigenvalue weighted by molar-refractivity contribution is 0.0989. The lowest BCUT2D eigenvalue weighted by Crippen LogP contribution is -2.34. The van der Waals surface area contributed by atoms with Crippen molar-refractivity contribution in [1.29, 1.82) is 5.26 Å². The highest BCUT2D eigenvalue weighted by atomic mass is 16.6. The summed E-state index contributed by atoms with van der Waals surface area (Å²) in [4.78, 5) is 0. The molecule has 1 aliphatic heterocycles. The van der Waals surface area contributed by atoms with Gasteiger partial charge in [0.1, 0.15) is 0 Å². The molecule has 2 aromatic rings. The normalized spacial score (nSPS) is 31.4. The van der Waals surface area contributed by atoms with Crippen molar-refractivity contribution in [1.82, 2.24) is 9.78 Å². The Kier molecular flexibility index (Phi) is 2.64. The Bertz CT molecular complexity index is 738. The average molecular weight is 281 g/mol. The zero-order valence-electron chi connectivity index (χ0n) is 12.3. The van der Waals surface area contributed by atoms with Crippen LogP contribution in [-0.2, 0) is 11.3 Å². The molecule has 4 rings (SSSR count). The summed E-state index contributed by atoms with van der Waals surface area (Å²) in [7, 11) is 0. The van der Waals surface area contributed by atoms with Crippen molar-refractivity contribution >= 4 is 10.9 Å². The summed E-state index contributed by atoms with van der Waals surface area (Å²) in [6, 6.07) is 7.86. The number of fused-ring (bicyclic) bond motifs is 1. The van der Waals surface area contributed by atoms with E-state index in [0.717, 1.165) is 30.5 Å². The summed E-state index contributed by atoms with van der Waals surface area (Å²) in [6.45, 7) is 4.21. The van der Waals surface area contributed by atoms with Gasteiger partial charge in [-0.25, -0.2) is 0 Å². The van der Waals surface area contributed by atoms with Gasteiger partial charge >= 0.3 is 0 Å².